The smallest absolute Gasteiger partial charge is 0.309 e. The lowest BCUT2D eigenvalue weighted by Crippen LogP contribution is -2.49. The molecule has 16 heavy (non-hydrogen) atoms. The second-order valence-corrected chi connectivity index (χ2v) is 6.14. The van der Waals surface area contributed by atoms with Crippen LogP contribution in [-0.2, 0) is 4.79 Å². The number of aliphatic hydroxyl groups excluding tert-OH is 1. The second kappa shape index (κ2) is 3.73. The molecule has 0 aromatic carbocycles. The fraction of sp³-hybridized carbons (Fsp3) is 0.923. The molecule has 0 aliphatic heterocycles. The zero-order valence-electron chi connectivity index (χ0n) is 9.51. The number of aliphatic carboxylic acids is 1. The van der Waals surface area contributed by atoms with Gasteiger partial charge in [0.25, 0.3) is 0 Å². The van der Waals surface area contributed by atoms with Crippen molar-refractivity contribution in [3.63, 3.8) is 0 Å². The Bertz CT molecular complexity index is 272. The Morgan fingerprint density at radius 2 is 1.56 bits per heavy atom. The van der Waals surface area contributed by atoms with Crippen molar-refractivity contribution in [1.82, 2.24) is 0 Å². The molecule has 0 aromatic heterocycles. The molecule has 4 rings (SSSR count). The van der Waals surface area contributed by atoms with Crippen LogP contribution in [0.15, 0.2) is 0 Å². The fourth-order valence-corrected chi connectivity index (χ4v) is 4.99. The van der Waals surface area contributed by atoms with Crippen LogP contribution < -0.4 is 0 Å². The zero-order chi connectivity index (χ0) is 11.3. The van der Waals surface area contributed by atoms with E-state index in [1.54, 1.807) is 0 Å². The van der Waals surface area contributed by atoms with Crippen molar-refractivity contribution in [3.05, 3.63) is 0 Å². The summed E-state index contributed by atoms with van der Waals surface area (Å²) < 4.78 is 0. The minimum Gasteiger partial charge on any atom is -0.481 e. The standard InChI is InChI=1S/C13H20O3/c14-6-11(13(15)16)12-9-2-7-1-8(4-9)5-10(12)3-7/h7-12,14H,1-6H2,(H,15,16). The lowest BCUT2D eigenvalue weighted by molar-refractivity contribution is -0.154. The van der Waals surface area contributed by atoms with Crippen LogP contribution in [0.5, 0.6) is 0 Å². The Morgan fingerprint density at radius 1 is 1.06 bits per heavy atom. The number of carbonyl (C=O) groups is 1. The molecule has 0 saturated heterocycles. The SMILES string of the molecule is O=C(O)C(CO)C1C2CC3CC(C2)CC1C3. The Labute approximate surface area is 95.9 Å². The first-order valence-electron chi connectivity index (χ1n) is 6.52. The van der Waals surface area contributed by atoms with Gasteiger partial charge in [0.1, 0.15) is 0 Å². The predicted molar refractivity (Wildman–Crippen MR) is 58.7 cm³/mol. The molecule has 0 aromatic rings. The summed E-state index contributed by atoms with van der Waals surface area (Å²) >= 11 is 0. The zero-order valence-corrected chi connectivity index (χ0v) is 9.51. The fourth-order valence-electron chi connectivity index (χ4n) is 4.99. The third-order valence-corrected chi connectivity index (χ3v) is 5.28. The largest absolute Gasteiger partial charge is 0.481 e. The first kappa shape index (κ1) is 10.6. The lowest BCUT2D eigenvalue weighted by Gasteiger charge is -2.55. The van der Waals surface area contributed by atoms with Crippen LogP contribution in [0.4, 0.5) is 0 Å². The molecule has 3 heteroatoms. The molecule has 0 amide bonds. The molecule has 1 atom stereocenters. The maximum absolute atomic E-state index is 11.2. The maximum atomic E-state index is 11.2. The van der Waals surface area contributed by atoms with E-state index in [9.17, 15) is 15.0 Å². The quantitative estimate of drug-likeness (QED) is 0.768. The molecule has 3 nitrogen and oxygen atoms in total. The third-order valence-electron chi connectivity index (χ3n) is 5.28. The highest BCUT2D eigenvalue weighted by molar-refractivity contribution is 5.70. The van der Waals surface area contributed by atoms with Gasteiger partial charge < -0.3 is 10.2 Å². The van der Waals surface area contributed by atoms with Crippen molar-refractivity contribution >= 4 is 5.97 Å². The summed E-state index contributed by atoms with van der Waals surface area (Å²) in [6.45, 7) is -0.178. The molecule has 0 radical (unpaired) electrons. The van der Waals surface area contributed by atoms with Gasteiger partial charge in [0.05, 0.1) is 12.5 Å². The topological polar surface area (TPSA) is 57.5 Å². The van der Waals surface area contributed by atoms with Gasteiger partial charge in [0.15, 0.2) is 0 Å². The summed E-state index contributed by atoms with van der Waals surface area (Å²) in [5.74, 6) is 1.87. The van der Waals surface area contributed by atoms with Crippen molar-refractivity contribution in [2.24, 2.45) is 35.5 Å². The van der Waals surface area contributed by atoms with Crippen LogP contribution in [-0.4, -0.2) is 22.8 Å². The number of hydrogen-bond donors (Lipinski definition) is 2. The van der Waals surface area contributed by atoms with Gasteiger partial charge in [-0.2, -0.15) is 0 Å². The molecule has 4 fully saturated rings. The number of carboxylic acids is 1. The van der Waals surface area contributed by atoms with E-state index in [2.05, 4.69) is 0 Å². The van der Waals surface area contributed by atoms with Crippen molar-refractivity contribution in [3.8, 4) is 0 Å². The maximum Gasteiger partial charge on any atom is 0.309 e. The third kappa shape index (κ3) is 1.48. The summed E-state index contributed by atoms with van der Waals surface area (Å²) in [4.78, 5) is 11.2. The molecule has 4 aliphatic carbocycles. The molecular weight excluding hydrogens is 204 g/mol. The summed E-state index contributed by atoms with van der Waals surface area (Å²) in [5.41, 5.74) is 0. The van der Waals surface area contributed by atoms with Gasteiger partial charge >= 0.3 is 5.97 Å². The Hall–Kier alpha value is -0.570. The van der Waals surface area contributed by atoms with Crippen molar-refractivity contribution in [1.29, 1.82) is 0 Å². The highest BCUT2D eigenvalue weighted by atomic mass is 16.4. The van der Waals surface area contributed by atoms with E-state index in [1.807, 2.05) is 0 Å². The van der Waals surface area contributed by atoms with Crippen LogP contribution in [0.1, 0.15) is 32.1 Å². The molecule has 4 bridgehead atoms. The van der Waals surface area contributed by atoms with E-state index in [4.69, 9.17) is 0 Å². The monoisotopic (exact) mass is 224 g/mol. The summed E-state index contributed by atoms with van der Waals surface area (Å²) in [7, 11) is 0. The van der Waals surface area contributed by atoms with Gasteiger partial charge in [-0.1, -0.05) is 0 Å². The minimum absolute atomic E-state index is 0.178. The Balaban J connectivity index is 1.83. The van der Waals surface area contributed by atoms with Gasteiger partial charge in [0, 0.05) is 0 Å². The minimum atomic E-state index is -0.792. The Morgan fingerprint density at radius 3 is 1.94 bits per heavy atom. The van der Waals surface area contributed by atoms with Crippen LogP contribution >= 0.6 is 0 Å². The average molecular weight is 224 g/mol. The number of aliphatic hydroxyl groups is 1. The number of rotatable bonds is 3. The molecule has 2 N–H and O–H groups in total. The van der Waals surface area contributed by atoms with Gasteiger partial charge in [-0.3, -0.25) is 4.79 Å². The highest BCUT2D eigenvalue weighted by Crippen LogP contribution is 2.58. The molecule has 90 valence electrons. The van der Waals surface area contributed by atoms with E-state index in [0.29, 0.717) is 11.8 Å². The number of carboxylic acid groups (broad SMARTS) is 1. The van der Waals surface area contributed by atoms with Gasteiger partial charge in [-0.05, 0) is 61.7 Å². The van der Waals surface area contributed by atoms with Crippen molar-refractivity contribution < 1.29 is 15.0 Å². The van der Waals surface area contributed by atoms with Crippen LogP contribution in [0, 0.1) is 35.5 Å². The summed E-state index contributed by atoms with van der Waals surface area (Å²) in [6.07, 6.45) is 6.28. The second-order valence-electron chi connectivity index (χ2n) is 6.14. The van der Waals surface area contributed by atoms with E-state index in [1.165, 1.54) is 32.1 Å². The van der Waals surface area contributed by atoms with Crippen molar-refractivity contribution in [2.75, 3.05) is 6.61 Å². The van der Waals surface area contributed by atoms with Crippen LogP contribution in [0.25, 0.3) is 0 Å². The summed E-state index contributed by atoms with van der Waals surface area (Å²) in [6, 6.07) is 0. The van der Waals surface area contributed by atoms with Gasteiger partial charge in [0.2, 0.25) is 0 Å². The van der Waals surface area contributed by atoms with E-state index in [-0.39, 0.29) is 12.5 Å². The normalized spacial score (nSPS) is 46.9. The van der Waals surface area contributed by atoms with Gasteiger partial charge in [-0.15, -0.1) is 0 Å². The molecule has 1 unspecified atom stereocenters. The van der Waals surface area contributed by atoms with Crippen LogP contribution in [0.2, 0.25) is 0 Å². The Kier molecular flexibility index (Phi) is 2.46. The molecule has 0 heterocycles. The van der Waals surface area contributed by atoms with E-state index >= 15 is 0 Å². The van der Waals surface area contributed by atoms with Crippen molar-refractivity contribution in [2.45, 2.75) is 32.1 Å². The molecular formula is C13H20O3. The molecule has 4 aliphatic rings. The van der Waals surface area contributed by atoms with Crippen LogP contribution in [0.3, 0.4) is 0 Å². The first-order valence-corrected chi connectivity index (χ1v) is 6.52. The average Bonchev–Trinajstić information content (AvgIpc) is 2.21. The van der Waals surface area contributed by atoms with E-state index in [0.717, 1.165) is 11.8 Å². The molecule has 0 spiro atoms. The van der Waals surface area contributed by atoms with E-state index < -0.39 is 11.9 Å². The van der Waals surface area contributed by atoms with Gasteiger partial charge in [-0.25, -0.2) is 0 Å². The lowest BCUT2D eigenvalue weighted by atomic mass is 9.49. The molecule has 4 saturated carbocycles. The first-order chi connectivity index (χ1) is 7.69. The predicted octanol–water partition coefficient (Wildman–Crippen LogP) is 1.75. The summed E-state index contributed by atoms with van der Waals surface area (Å²) in [5, 5.41) is 18.5. The highest BCUT2D eigenvalue weighted by Gasteiger charge is 2.51. The number of hydrogen-bond acceptors (Lipinski definition) is 2.